The molecule has 42 heavy (non-hydrogen) atoms. The van der Waals surface area contributed by atoms with E-state index >= 15 is 0 Å². The number of hydrogen-bond acceptors (Lipinski definition) is 7. The fourth-order valence-electron chi connectivity index (χ4n) is 4.82. The molecular weight excluding hydrogens is 576 g/mol. The van der Waals surface area contributed by atoms with Crippen molar-refractivity contribution in [3.05, 3.63) is 52.4 Å². The molecule has 10 nitrogen and oxygen atoms in total. The van der Waals surface area contributed by atoms with Gasteiger partial charge in [0.2, 0.25) is 11.7 Å². The maximum Gasteiger partial charge on any atom is 0.449 e. The summed E-state index contributed by atoms with van der Waals surface area (Å²) in [5.74, 6) is -6.45. The molecule has 3 N–H and O–H groups in total. The summed E-state index contributed by atoms with van der Waals surface area (Å²) in [6, 6.07) is 0.349. The maximum absolute atomic E-state index is 14.0. The molecule has 0 unspecified atom stereocenters. The van der Waals surface area contributed by atoms with E-state index in [1.807, 2.05) is 0 Å². The van der Waals surface area contributed by atoms with Gasteiger partial charge in [-0.1, -0.05) is 0 Å². The Bertz CT molecular complexity index is 1270. The minimum Gasteiger partial charge on any atom is -0.458 e. The molecule has 16 heteroatoms. The summed E-state index contributed by atoms with van der Waals surface area (Å²) >= 11 is 0. The van der Waals surface area contributed by atoms with Crippen molar-refractivity contribution in [1.29, 1.82) is 0 Å². The first-order valence-corrected chi connectivity index (χ1v) is 13.4. The number of benzene rings is 1. The molecule has 1 aromatic heterocycles. The normalized spacial score (nSPS) is 16.8. The van der Waals surface area contributed by atoms with Crippen molar-refractivity contribution in [2.45, 2.75) is 38.1 Å². The van der Waals surface area contributed by atoms with Gasteiger partial charge in [0.1, 0.15) is 12.4 Å². The first kappa shape index (κ1) is 31.7. The van der Waals surface area contributed by atoms with Gasteiger partial charge in [-0.3, -0.25) is 9.69 Å². The molecule has 232 valence electrons. The van der Waals surface area contributed by atoms with Gasteiger partial charge in [0, 0.05) is 45.2 Å². The predicted molar refractivity (Wildman–Crippen MR) is 132 cm³/mol. The SMILES string of the molecule is [NH3+][C@@H](CC(=O)N1CCn2c(C(F)(F)F)nc(C(=O)OCCOCCN3CCOCC3)c2C1)Cc1cc(F)c(F)cc1F. The van der Waals surface area contributed by atoms with E-state index in [9.17, 15) is 35.9 Å². The zero-order chi connectivity index (χ0) is 30.4. The molecule has 0 saturated carbocycles. The number of ether oxygens (including phenoxy) is 3. The molecule has 2 aromatic rings. The summed E-state index contributed by atoms with van der Waals surface area (Å²) in [7, 11) is 0. The van der Waals surface area contributed by atoms with E-state index < -0.39 is 53.1 Å². The van der Waals surface area contributed by atoms with Crippen LogP contribution in [0.1, 0.15) is 34.0 Å². The minimum absolute atomic E-state index is 0.0340. The number of alkyl halides is 3. The zero-order valence-electron chi connectivity index (χ0n) is 22.7. The minimum atomic E-state index is -4.85. The van der Waals surface area contributed by atoms with Crippen LogP contribution in [0.2, 0.25) is 0 Å². The van der Waals surface area contributed by atoms with E-state index in [1.165, 1.54) is 4.90 Å². The summed E-state index contributed by atoms with van der Waals surface area (Å²) in [6.07, 6.45) is -5.28. The highest BCUT2D eigenvalue weighted by Crippen LogP contribution is 2.32. The number of carbonyl (C=O) groups excluding carboxylic acids is 2. The van der Waals surface area contributed by atoms with Gasteiger partial charge in [0.25, 0.3) is 0 Å². The Morgan fingerprint density at radius 2 is 1.71 bits per heavy atom. The Balaban J connectivity index is 1.35. The molecule has 4 rings (SSSR count). The van der Waals surface area contributed by atoms with E-state index in [-0.39, 0.29) is 56.9 Å². The van der Waals surface area contributed by atoms with Gasteiger partial charge in [-0.2, -0.15) is 13.2 Å². The monoisotopic (exact) mass is 608 g/mol. The van der Waals surface area contributed by atoms with Gasteiger partial charge >= 0.3 is 12.1 Å². The Morgan fingerprint density at radius 1 is 1.00 bits per heavy atom. The smallest absolute Gasteiger partial charge is 0.449 e. The summed E-state index contributed by atoms with van der Waals surface area (Å²) in [5, 5.41) is 0. The lowest BCUT2D eigenvalue weighted by Gasteiger charge is -2.30. The van der Waals surface area contributed by atoms with E-state index in [2.05, 4.69) is 15.6 Å². The highest BCUT2D eigenvalue weighted by molar-refractivity contribution is 5.89. The molecule has 1 atom stereocenters. The number of amides is 1. The van der Waals surface area contributed by atoms with Crippen LogP contribution in [0.15, 0.2) is 12.1 Å². The summed E-state index contributed by atoms with van der Waals surface area (Å²) in [4.78, 5) is 32.6. The number of fused-ring (bicyclic) bond motifs is 1. The largest absolute Gasteiger partial charge is 0.458 e. The summed E-state index contributed by atoms with van der Waals surface area (Å²) in [5.41, 5.74) is 2.93. The Kier molecular flexibility index (Phi) is 10.5. The molecule has 2 aliphatic heterocycles. The number of rotatable bonds is 11. The topological polar surface area (TPSA) is 114 Å². The average molecular weight is 609 g/mol. The van der Waals surface area contributed by atoms with Gasteiger partial charge in [-0.05, 0) is 11.6 Å². The lowest BCUT2D eigenvalue weighted by atomic mass is 10.0. The van der Waals surface area contributed by atoms with Crippen LogP contribution in [0.3, 0.4) is 0 Å². The van der Waals surface area contributed by atoms with Crippen molar-refractivity contribution >= 4 is 11.9 Å². The zero-order valence-corrected chi connectivity index (χ0v) is 22.7. The second-order valence-corrected chi connectivity index (χ2v) is 10.0. The molecule has 1 amide bonds. The van der Waals surface area contributed by atoms with Crippen LogP contribution >= 0.6 is 0 Å². The number of morpholine rings is 1. The first-order chi connectivity index (χ1) is 19.9. The van der Waals surface area contributed by atoms with E-state index in [1.54, 1.807) is 0 Å². The fourth-order valence-corrected chi connectivity index (χ4v) is 4.82. The van der Waals surface area contributed by atoms with Crippen molar-refractivity contribution < 1.29 is 55.9 Å². The molecule has 0 spiro atoms. The molecular formula is C26H32F6N5O5+. The van der Waals surface area contributed by atoms with Crippen LogP contribution in [0.25, 0.3) is 0 Å². The standard InChI is InChI=1S/C26H31F6N5O5/c27-18-14-20(29)19(28)12-16(18)11-17(33)13-22(38)36-1-2-37-21(15-36)23(34-25(37)26(30,31)32)24(39)42-10-9-41-8-5-35-3-6-40-7-4-35/h12,14,17H,1-11,13,15,33H2/p+1/t17-/m1/s1. The van der Waals surface area contributed by atoms with Crippen LogP contribution in [-0.2, 0) is 44.7 Å². The number of hydrogen-bond donors (Lipinski definition) is 1. The van der Waals surface area contributed by atoms with Crippen molar-refractivity contribution in [1.82, 2.24) is 19.4 Å². The molecule has 1 fully saturated rings. The van der Waals surface area contributed by atoms with Crippen molar-refractivity contribution in [2.24, 2.45) is 0 Å². The lowest BCUT2D eigenvalue weighted by molar-refractivity contribution is -0.418. The molecule has 1 aromatic carbocycles. The molecule has 0 radical (unpaired) electrons. The third-order valence-corrected chi connectivity index (χ3v) is 6.98. The number of aromatic nitrogens is 2. The Hall–Kier alpha value is -3.21. The Labute approximate surface area is 237 Å². The molecule has 0 bridgehead atoms. The van der Waals surface area contributed by atoms with E-state index in [0.29, 0.717) is 38.5 Å². The number of halogens is 6. The quantitative estimate of drug-likeness (QED) is 0.178. The summed E-state index contributed by atoms with van der Waals surface area (Å²) < 4.78 is 98.5. The number of nitrogens with zero attached hydrogens (tertiary/aromatic N) is 4. The second-order valence-electron chi connectivity index (χ2n) is 10.0. The Morgan fingerprint density at radius 3 is 2.43 bits per heavy atom. The van der Waals surface area contributed by atoms with Crippen molar-refractivity contribution in [3.8, 4) is 0 Å². The lowest BCUT2D eigenvalue weighted by Crippen LogP contribution is -2.63. The highest BCUT2D eigenvalue weighted by Gasteiger charge is 2.42. The van der Waals surface area contributed by atoms with Crippen molar-refractivity contribution in [2.75, 3.05) is 59.2 Å². The van der Waals surface area contributed by atoms with Crippen LogP contribution in [0.4, 0.5) is 26.3 Å². The number of quaternary nitrogens is 1. The molecule has 2 aliphatic rings. The van der Waals surface area contributed by atoms with E-state index in [4.69, 9.17) is 14.2 Å². The third kappa shape index (κ3) is 7.99. The fraction of sp³-hybridized carbons (Fsp3) is 0.577. The van der Waals surface area contributed by atoms with Gasteiger partial charge in [-0.15, -0.1) is 0 Å². The van der Waals surface area contributed by atoms with Crippen molar-refractivity contribution in [3.63, 3.8) is 0 Å². The molecule has 3 heterocycles. The van der Waals surface area contributed by atoms with Gasteiger partial charge < -0.3 is 29.4 Å². The summed E-state index contributed by atoms with van der Waals surface area (Å²) in [6.45, 7) is 2.98. The van der Waals surface area contributed by atoms with Crippen LogP contribution in [0, 0.1) is 17.5 Å². The third-order valence-electron chi connectivity index (χ3n) is 6.98. The first-order valence-electron chi connectivity index (χ1n) is 13.4. The van der Waals surface area contributed by atoms with Crippen LogP contribution in [0.5, 0.6) is 0 Å². The number of esters is 1. The second kappa shape index (κ2) is 13.8. The van der Waals surface area contributed by atoms with E-state index in [0.717, 1.165) is 17.7 Å². The molecule has 0 aliphatic carbocycles. The highest BCUT2D eigenvalue weighted by atomic mass is 19.4. The molecule has 1 saturated heterocycles. The number of imidazole rings is 1. The van der Waals surface area contributed by atoms with Gasteiger partial charge in [-0.25, -0.2) is 22.9 Å². The predicted octanol–water partition coefficient (Wildman–Crippen LogP) is 1.41. The van der Waals surface area contributed by atoms with Crippen LogP contribution in [-0.4, -0.2) is 96.5 Å². The van der Waals surface area contributed by atoms with Crippen LogP contribution < -0.4 is 5.73 Å². The van der Waals surface area contributed by atoms with Gasteiger partial charge in [0.05, 0.1) is 51.1 Å². The maximum atomic E-state index is 14.0. The number of carbonyl (C=O) groups is 2. The van der Waals surface area contributed by atoms with Gasteiger partial charge in [0.15, 0.2) is 17.3 Å². The average Bonchev–Trinajstić information content (AvgIpc) is 3.34.